The Labute approximate surface area is 300 Å². The van der Waals surface area contributed by atoms with Gasteiger partial charge in [0.1, 0.15) is 28.9 Å². The number of rotatable bonds is 10. The van der Waals surface area contributed by atoms with Gasteiger partial charge in [-0.3, -0.25) is 23.7 Å². The lowest BCUT2D eigenvalue weighted by Gasteiger charge is -2.19. The van der Waals surface area contributed by atoms with Gasteiger partial charge in [0.2, 0.25) is 0 Å². The summed E-state index contributed by atoms with van der Waals surface area (Å²) in [5.74, 6) is 4.01. The highest BCUT2D eigenvalue weighted by Gasteiger charge is 2.41. The van der Waals surface area contributed by atoms with Crippen molar-refractivity contribution in [3.05, 3.63) is 109 Å². The number of phosphoric ester groups is 1. The number of carbonyl (C=O) groups is 1. The zero-order valence-electron chi connectivity index (χ0n) is 26.9. The van der Waals surface area contributed by atoms with Crippen LogP contribution in [0.25, 0.3) is 33.4 Å². The minimum atomic E-state index is -5.73. The maximum absolute atomic E-state index is 12.7. The van der Waals surface area contributed by atoms with Crippen LogP contribution in [0.15, 0.2) is 79.6 Å². The Morgan fingerprint density at radius 3 is 2.37 bits per heavy atom. The van der Waals surface area contributed by atoms with Crippen LogP contribution in [0.5, 0.6) is 5.75 Å². The van der Waals surface area contributed by atoms with Crippen LogP contribution in [0.2, 0.25) is 0 Å². The number of nitrogens with zero attached hydrogens (tertiary/aromatic N) is 1. The van der Waals surface area contributed by atoms with Crippen molar-refractivity contribution in [1.82, 2.24) is 9.55 Å². The molecule has 2 unspecified atom stereocenters. The Balaban J connectivity index is 1.25. The van der Waals surface area contributed by atoms with Gasteiger partial charge in [0.15, 0.2) is 5.43 Å². The molecule has 6 rings (SSSR count). The summed E-state index contributed by atoms with van der Waals surface area (Å²) >= 11 is 0. The second-order valence-corrected chi connectivity index (χ2v) is 15.9. The predicted molar refractivity (Wildman–Crippen MR) is 183 cm³/mol. The third kappa shape index (κ3) is 8.86. The van der Waals surface area contributed by atoms with Gasteiger partial charge in [-0.1, -0.05) is 17.9 Å². The molecule has 0 amide bonds. The normalized spacial score (nSPS) is 18.1. The Hall–Kier alpha value is -4.99. The molecule has 3 aliphatic rings. The van der Waals surface area contributed by atoms with Crippen LogP contribution in [0.4, 0.5) is 0 Å². The molecule has 0 spiro atoms. The highest BCUT2D eigenvalue weighted by atomic mass is 31.3. The molecular weight excluding hydrogens is 781 g/mol. The number of phenolic OH excluding ortho intramolecular Hbond substituents is 1. The molecule has 3 heterocycles. The highest BCUT2D eigenvalue weighted by Crippen LogP contribution is 2.66. The number of nitrogens with one attached hydrogen (secondary N) is 1. The fourth-order valence-corrected chi connectivity index (χ4v) is 8.64. The Morgan fingerprint density at radius 1 is 0.907 bits per heavy atom. The van der Waals surface area contributed by atoms with E-state index in [4.69, 9.17) is 18.9 Å². The monoisotopic (exact) mass is 806 g/mol. The van der Waals surface area contributed by atoms with Crippen molar-refractivity contribution >= 4 is 40.4 Å². The van der Waals surface area contributed by atoms with E-state index in [0.29, 0.717) is 16.5 Å². The zero-order valence-corrected chi connectivity index (χ0v) is 29.6. The predicted octanol–water partition coefficient (Wildman–Crippen LogP) is 3.24. The van der Waals surface area contributed by atoms with E-state index in [9.17, 15) is 52.9 Å². The Bertz CT molecular complexity index is 2690. The van der Waals surface area contributed by atoms with E-state index in [0.717, 1.165) is 10.8 Å². The number of hydrogen-bond acceptors (Lipinski definition) is 13. The lowest BCUT2D eigenvalue weighted by atomic mass is 9.90. The van der Waals surface area contributed by atoms with Crippen molar-refractivity contribution in [1.29, 1.82) is 0 Å². The van der Waals surface area contributed by atoms with E-state index in [1.54, 1.807) is 6.07 Å². The molecule has 20 nitrogen and oxygen atoms in total. The fourth-order valence-electron chi connectivity index (χ4n) is 5.59. The van der Waals surface area contributed by atoms with Gasteiger partial charge < -0.3 is 38.9 Å². The standard InChI is InChI=1S/C31H25N2O18P3/c34-18-4-8-22-25(12-18)49-26-13-19(35)5-9-23(26)28(22)21-7-2-16(11-24(21)30(37)38)1-3-17-14-33(31(39)32-29(17)36)27-10-6-20(48-27)15-47-53(43,44)51-54(45,46)50-52(40,41)42/h2,4-5,7-9,11-14,20,27,34H,6,10,15H2,(H,37,38)(H,43,44)(H,45,46)(H,32,36,39)(H2,40,41,42)/t20-,27+/m0/s1. The lowest BCUT2D eigenvalue weighted by Crippen LogP contribution is -2.33. The average molecular weight is 806 g/mol. The molecule has 0 bridgehead atoms. The molecule has 282 valence electrons. The van der Waals surface area contributed by atoms with Gasteiger partial charge in [0.25, 0.3) is 5.56 Å². The number of benzene rings is 3. The van der Waals surface area contributed by atoms with E-state index in [1.165, 1.54) is 48.5 Å². The van der Waals surface area contributed by atoms with E-state index >= 15 is 0 Å². The molecule has 54 heavy (non-hydrogen) atoms. The maximum atomic E-state index is 12.7. The van der Waals surface area contributed by atoms with Gasteiger partial charge in [-0.05, 0) is 54.8 Å². The highest BCUT2D eigenvalue weighted by molar-refractivity contribution is 7.66. The van der Waals surface area contributed by atoms with Crippen molar-refractivity contribution in [3.63, 3.8) is 0 Å². The number of aromatic hydroxyl groups is 1. The molecule has 3 aromatic rings. The number of H-pyrrole nitrogens is 1. The largest absolute Gasteiger partial charge is 0.508 e. The van der Waals surface area contributed by atoms with Gasteiger partial charge in [-0.25, -0.2) is 23.3 Å². The summed E-state index contributed by atoms with van der Waals surface area (Å²) in [5, 5.41) is 20.7. The van der Waals surface area contributed by atoms with E-state index in [1.807, 2.05) is 0 Å². The second kappa shape index (κ2) is 14.7. The molecule has 23 heteroatoms. The lowest BCUT2D eigenvalue weighted by molar-refractivity contribution is -0.0243. The molecule has 1 aromatic heterocycles. The summed E-state index contributed by atoms with van der Waals surface area (Å²) in [6.45, 7) is -0.752. The summed E-state index contributed by atoms with van der Waals surface area (Å²) in [6.07, 6.45) is -0.803. The first-order chi connectivity index (χ1) is 25.3. The molecule has 1 saturated heterocycles. The van der Waals surface area contributed by atoms with Gasteiger partial charge in [-0.2, -0.15) is 8.62 Å². The summed E-state index contributed by atoms with van der Waals surface area (Å²) < 4.78 is 58.8. The zero-order chi connectivity index (χ0) is 39.2. The number of carboxylic acid groups (broad SMARTS) is 1. The molecule has 4 atom stereocenters. The van der Waals surface area contributed by atoms with Crippen LogP contribution in [0.1, 0.15) is 40.6 Å². The molecule has 2 aromatic carbocycles. The fraction of sp³-hybridized carbons (Fsp3) is 0.161. The van der Waals surface area contributed by atoms with Crippen LogP contribution in [0.3, 0.4) is 0 Å². The number of aromatic nitrogens is 2. The van der Waals surface area contributed by atoms with E-state index < -0.39 is 59.6 Å². The molecule has 7 N–H and O–H groups in total. The molecular formula is C31H25N2O18P3. The van der Waals surface area contributed by atoms with Gasteiger partial charge in [0, 0.05) is 40.4 Å². The van der Waals surface area contributed by atoms with Crippen LogP contribution >= 0.6 is 23.5 Å². The SMILES string of the molecule is O=C(O)c1cc(C#Cc2cn([C@H]3CC[C@@H](COP(=O)(O)OP(=O)(O)OP(=O)(O)O)O3)c(=O)[nH]c2=O)ccc1-c1c2ccc(=O)cc-2oc2cc(O)ccc12. The first kappa shape index (κ1) is 38.7. The molecule has 0 saturated carbocycles. The number of aromatic amines is 1. The quantitative estimate of drug-likeness (QED) is 0.0605. The summed E-state index contributed by atoms with van der Waals surface area (Å²) in [4.78, 5) is 88.4. The van der Waals surface area contributed by atoms with Crippen molar-refractivity contribution < 1.29 is 70.6 Å². The number of phosphoric acid groups is 3. The third-order valence-electron chi connectivity index (χ3n) is 7.74. The third-order valence-corrected chi connectivity index (χ3v) is 11.5. The van der Waals surface area contributed by atoms with E-state index in [2.05, 4.69) is 30.0 Å². The Morgan fingerprint density at radius 2 is 1.65 bits per heavy atom. The van der Waals surface area contributed by atoms with Gasteiger partial charge in [0.05, 0.1) is 18.3 Å². The molecule has 2 aliphatic heterocycles. The minimum absolute atomic E-state index is 0.0939. The van der Waals surface area contributed by atoms with E-state index in [-0.39, 0.29) is 57.6 Å². The number of aromatic carboxylic acids is 1. The summed E-state index contributed by atoms with van der Waals surface area (Å²) in [6, 6.07) is 12.5. The molecule has 1 aliphatic carbocycles. The topological polar surface area (TPSA) is 312 Å². The minimum Gasteiger partial charge on any atom is -0.508 e. The first-order valence-electron chi connectivity index (χ1n) is 15.2. The van der Waals surface area contributed by atoms with Crippen molar-refractivity contribution in [3.8, 4) is 40.0 Å². The van der Waals surface area contributed by atoms with Crippen LogP contribution in [0, 0.1) is 11.8 Å². The summed E-state index contributed by atoms with van der Waals surface area (Å²) in [5.41, 5.74) is -1.16. The second-order valence-electron chi connectivity index (χ2n) is 11.5. The summed E-state index contributed by atoms with van der Waals surface area (Å²) in [7, 11) is -16.7. The van der Waals surface area contributed by atoms with Crippen molar-refractivity contribution in [2.45, 2.75) is 25.2 Å². The first-order valence-corrected chi connectivity index (χ1v) is 19.7. The number of carboxylic acids is 1. The maximum Gasteiger partial charge on any atom is 0.490 e. The molecule has 0 radical (unpaired) electrons. The Kier molecular flexibility index (Phi) is 10.5. The van der Waals surface area contributed by atoms with Crippen LogP contribution in [-0.2, 0) is 31.6 Å². The van der Waals surface area contributed by atoms with Gasteiger partial charge in [-0.15, -0.1) is 0 Å². The number of hydrogen-bond donors (Lipinski definition) is 7. The average Bonchev–Trinajstić information content (AvgIpc) is 3.53. The number of phenols is 1. The van der Waals surface area contributed by atoms with Crippen molar-refractivity contribution in [2.75, 3.05) is 6.61 Å². The molecule has 1 fully saturated rings. The van der Waals surface area contributed by atoms with Gasteiger partial charge >= 0.3 is 35.1 Å². The smallest absolute Gasteiger partial charge is 0.490 e. The number of fused-ring (bicyclic) bond motifs is 2. The van der Waals surface area contributed by atoms with Crippen LogP contribution < -0.4 is 16.7 Å². The van der Waals surface area contributed by atoms with Crippen LogP contribution in [-0.4, -0.2) is 58.0 Å². The van der Waals surface area contributed by atoms with Crippen molar-refractivity contribution in [2.24, 2.45) is 0 Å². The number of ether oxygens (including phenoxy) is 1.